The number of hydrogen-bond donors (Lipinski definition) is 1. The molecule has 3 nitrogen and oxygen atoms in total. The molecule has 0 saturated heterocycles. The zero-order valence-corrected chi connectivity index (χ0v) is 10.2. The van der Waals surface area contributed by atoms with Crippen LogP contribution < -0.4 is 0 Å². The zero-order valence-electron chi connectivity index (χ0n) is 9.40. The lowest BCUT2D eigenvalue weighted by Gasteiger charge is -2.06. The van der Waals surface area contributed by atoms with Crippen molar-refractivity contribution in [3.8, 4) is 0 Å². The molecule has 0 spiro atoms. The first-order chi connectivity index (χ1) is 8.13. The van der Waals surface area contributed by atoms with Crippen LogP contribution in [0.15, 0.2) is 24.4 Å². The first kappa shape index (κ1) is 11.9. The average molecular weight is 250 g/mol. The zero-order chi connectivity index (χ0) is 12.4. The van der Waals surface area contributed by atoms with Gasteiger partial charge in [-0.25, -0.2) is 4.79 Å². The predicted octanol–water partition coefficient (Wildman–Crippen LogP) is 3.54. The van der Waals surface area contributed by atoms with E-state index in [1.165, 1.54) is 0 Å². The van der Waals surface area contributed by atoms with Crippen LogP contribution in [0.1, 0.15) is 29.3 Å². The molecule has 0 aliphatic carbocycles. The number of fused-ring (bicyclic) bond motifs is 1. The molecule has 1 aromatic heterocycles. The van der Waals surface area contributed by atoms with Crippen molar-refractivity contribution in [3.05, 3.63) is 40.5 Å². The van der Waals surface area contributed by atoms with Crippen LogP contribution in [0.4, 0.5) is 0 Å². The summed E-state index contributed by atoms with van der Waals surface area (Å²) in [6, 6.07) is 5.37. The molecule has 88 valence electrons. The number of carboxylic acid groups (broad SMARTS) is 1. The van der Waals surface area contributed by atoms with Crippen molar-refractivity contribution < 1.29 is 9.90 Å². The van der Waals surface area contributed by atoms with Crippen molar-refractivity contribution in [2.45, 2.75) is 19.8 Å². The molecular weight excluding hydrogens is 238 g/mol. The second kappa shape index (κ2) is 4.72. The highest BCUT2D eigenvalue weighted by Crippen LogP contribution is 2.25. The maximum absolute atomic E-state index is 11.1. The van der Waals surface area contributed by atoms with E-state index >= 15 is 0 Å². The maximum Gasteiger partial charge on any atom is 0.339 e. The second-order valence-corrected chi connectivity index (χ2v) is 4.30. The van der Waals surface area contributed by atoms with E-state index in [0.717, 1.165) is 23.8 Å². The molecule has 0 unspecified atom stereocenters. The smallest absolute Gasteiger partial charge is 0.339 e. The number of rotatable bonds is 3. The number of carboxylic acids is 1. The summed E-state index contributed by atoms with van der Waals surface area (Å²) in [6.07, 6.45) is 3.69. The summed E-state index contributed by atoms with van der Waals surface area (Å²) in [7, 11) is 0. The average Bonchev–Trinajstić information content (AvgIpc) is 2.29. The highest BCUT2D eigenvalue weighted by Gasteiger charge is 2.14. The minimum atomic E-state index is -1.05. The quantitative estimate of drug-likeness (QED) is 0.905. The third-order valence-corrected chi connectivity index (χ3v) is 2.93. The largest absolute Gasteiger partial charge is 0.478 e. The summed E-state index contributed by atoms with van der Waals surface area (Å²) in [5, 5.41) is 10.2. The van der Waals surface area contributed by atoms with Gasteiger partial charge in [0.15, 0.2) is 0 Å². The van der Waals surface area contributed by atoms with Crippen LogP contribution in [-0.2, 0) is 6.42 Å². The van der Waals surface area contributed by atoms with Crippen molar-refractivity contribution in [2.24, 2.45) is 0 Å². The Morgan fingerprint density at radius 3 is 2.88 bits per heavy atom. The summed E-state index contributed by atoms with van der Waals surface area (Å²) < 4.78 is 0. The van der Waals surface area contributed by atoms with Crippen molar-refractivity contribution in [3.63, 3.8) is 0 Å². The van der Waals surface area contributed by atoms with Gasteiger partial charge >= 0.3 is 5.97 Å². The number of halogens is 1. The van der Waals surface area contributed by atoms with Crippen molar-refractivity contribution in [2.75, 3.05) is 0 Å². The van der Waals surface area contributed by atoms with Crippen molar-refractivity contribution in [1.29, 1.82) is 0 Å². The molecular formula is C13H12ClNO2. The number of pyridine rings is 1. The van der Waals surface area contributed by atoms with Gasteiger partial charge in [-0.15, -0.1) is 0 Å². The monoisotopic (exact) mass is 249 g/mol. The van der Waals surface area contributed by atoms with Gasteiger partial charge in [0.25, 0.3) is 0 Å². The number of aromatic nitrogens is 1. The van der Waals surface area contributed by atoms with Crippen LogP contribution >= 0.6 is 11.6 Å². The Hall–Kier alpha value is -1.61. The van der Waals surface area contributed by atoms with Gasteiger partial charge in [0.05, 0.1) is 10.5 Å². The standard InChI is InChI=1S/C13H12ClNO2/c1-2-3-8-6-9-4-5-10(14)11(13(16)17)12(9)15-7-8/h4-7H,2-3H2,1H3,(H,16,17). The molecule has 0 bridgehead atoms. The van der Waals surface area contributed by atoms with Gasteiger partial charge < -0.3 is 5.11 Å². The number of hydrogen-bond acceptors (Lipinski definition) is 2. The lowest BCUT2D eigenvalue weighted by molar-refractivity contribution is 0.0699. The molecule has 2 rings (SSSR count). The Morgan fingerprint density at radius 2 is 2.24 bits per heavy atom. The Labute approximate surface area is 104 Å². The van der Waals surface area contributed by atoms with Crippen LogP contribution in [-0.4, -0.2) is 16.1 Å². The molecule has 0 amide bonds. The molecule has 0 radical (unpaired) electrons. The van der Waals surface area contributed by atoms with Crippen LogP contribution in [0, 0.1) is 0 Å². The number of carbonyl (C=O) groups is 1. The molecule has 0 aliphatic heterocycles. The minimum absolute atomic E-state index is 0.0761. The van der Waals surface area contributed by atoms with Gasteiger partial charge in [-0.3, -0.25) is 4.98 Å². The third kappa shape index (κ3) is 2.24. The SMILES string of the molecule is CCCc1cnc2c(C(=O)O)c(Cl)ccc2c1. The van der Waals surface area contributed by atoms with E-state index < -0.39 is 5.97 Å². The molecule has 2 aromatic rings. The fourth-order valence-corrected chi connectivity index (χ4v) is 2.08. The Morgan fingerprint density at radius 1 is 1.47 bits per heavy atom. The van der Waals surface area contributed by atoms with Crippen molar-refractivity contribution >= 4 is 28.5 Å². The molecule has 1 N–H and O–H groups in total. The van der Waals surface area contributed by atoms with Gasteiger partial charge in [0.2, 0.25) is 0 Å². The Kier molecular flexibility index (Phi) is 3.29. The molecule has 1 aromatic carbocycles. The minimum Gasteiger partial charge on any atom is -0.478 e. The van der Waals surface area contributed by atoms with Crippen LogP contribution in [0.25, 0.3) is 10.9 Å². The summed E-state index contributed by atoms with van der Waals surface area (Å²) in [5.74, 6) is -1.05. The topological polar surface area (TPSA) is 50.2 Å². The molecule has 4 heteroatoms. The highest BCUT2D eigenvalue weighted by molar-refractivity contribution is 6.35. The van der Waals surface area contributed by atoms with Gasteiger partial charge in [-0.2, -0.15) is 0 Å². The maximum atomic E-state index is 11.1. The fourth-order valence-electron chi connectivity index (χ4n) is 1.85. The highest BCUT2D eigenvalue weighted by atomic mass is 35.5. The van der Waals surface area contributed by atoms with Gasteiger partial charge in [-0.05, 0) is 24.1 Å². The van der Waals surface area contributed by atoms with Gasteiger partial charge in [-0.1, -0.05) is 31.0 Å². The van der Waals surface area contributed by atoms with Crippen LogP contribution in [0.3, 0.4) is 0 Å². The van der Waals surface area contributed by atoms with E-state index in [-0.39, 0.29) is 10.6 Å². The number of nitrogens with zero attached hydrogens (tertiary/aromatic N) is 1. The van der Waals surface area contributed by atoms with E-state index in [1.807, 2.05) is 6.07 Å². The number of benzene rings is 1. The van der Waals surface area contributed by atoms with E-state index in [1.54, 1.807) is 18.3 Å². The van der Waals surface area contributed by atoms with Gasteiger partial charge in [0.1, 0.15) is 5.56 Å². The second-order valence-electron chi connectivity index (χ2n) is 3.89. The molecule has 17 heavy (non-hydrogen) atoms. The number of aromatic carboxylic acids is 1. The van der Waals surface area contributed by atoms with E-state index in [9.17, 15) is 4.79 Å². The summed E-state index contributed by atoms with van der Waals surface area (Å²) in [6.45, 7) is 2.09. The third-order valence-electron chi connectivity index (χ3n) is 2.61. The normalized spacial score (nSPS) is 10.7. The van der Waals surface area contributed by atoms with Gasteiger partial charge in [0, 0.05) is 11.6 Å². The first-order valence-corrected chi connectivity index (χ1v) is 5.81. The number of aryl methyl sites for hydroxylation is 1. The molecule has 0 fully saturated rings. The molecule has 0 saturated carbocycles. The summed E-state index contributed by atoms with van der Waals surface area (Å²) >= 11 is 5.88. The van der Waals surface area contributed by atoms with E-state index in [0.29, 0.717) is 5.52 Å². The Balaban J connectivity index is 2.66. The summed E-state index contributed by atoms with van der Waals surface area (Å²) in [5.41, 5.74) is 1.63. The predicted molar refractivity (Wildman–Crippen MR) is 67.7 cm³/mol. The summed E-state index contributed by atoms with van der Waals surface area (Å²) in [4.78, 5) is 15.3. The van der Waals surface area contributed by atoms with Crippen LogP contribution in [0.2, 0.25) is 5.02 Å². The fraction of sp³-hybridized carbons (Fsp3) is 0.231. The molecule has 0 atom stereocenters. The first-order valence-electron chi connectivity index (χ1n) is 5.44. The molecule has 1 heterocycles. The molecule has 0 aliphatic rings. The lowest BCUT2D eigenvalue weighted by atomic mass is 10.1. The Bertz CT molecular complexity index is 581. The lowest BCUT2D eigenvalue weighted by Crippen LogP contribution is -2.00. The van der Waals surface area contributed by atoms with Crippen molar-refractivity contribution in [1.82, 2.24) is 4.98 Å². The van der Waals surface area contributed by atoms with E-state index in [2.05, 4.69) is 11.9 Å². The van der Waals surface area contributed by atoms with Crippen LogP contribution in [0.5, 0.6) is 0 Å². The van der Waals surface area contributed by atoms with E-state index in [4.69, 9.17) is 16.7 Å².